The summed E-state index contributed by atoms with van der Waals surface area (Å²) < 4.78 is 13.1. The standard InChI is InChI=1S/C24H27OSi.3C4H9.Sn/c1-24(2,3)26(22-15-9-5-10-16-22,23-17-11-6-12-18-23)20-19-25-21-13-7-4-8-14-21;3*1-3-4-2;/h4-13,15-18H,19-20H2,1-3H3;3*1,3-4H2,2H3;. The monoisotopic (exact) mass is 650 g/mol. The average molecular weight is 650 g/mol. The second-order valence-corrected chi connectivity index (χ2v) is 30.7. The molecule has 0 bridgehead atoms. The summed E-state index contributed by atoms with van der Waals surface area (Å²) in [4.78, 5) is 0. The molecule has 0 saturated carbocycles. The van der Waals surface area contributed by atoms with Crippen LogP contribution in [0.15, 0.2) is 84.9 Å². The van der Waals surface area contributed by atoms with Gasteiger partial charge in [-0.05, 0) is 0 Å². The number of para-hydroxylation sites is 1. The second kappa shape index (κ2) is 15.5. The Balaban J connectivity index is 2.00. The first-order chi connectivity index (χ1) is 18.8. The van der Waals surface area contributed by atoms with Crippen LogP contribution in [0.1, 0.15) is 80.1 Å². The van der Waals surface area contributed by atoms with Crippen LogP contribution in [0.4, 0.5) is 0 Å². The van der Waals surface area contributed by atoms with Gasteiger partial charge in [-0.15, -0.1) is 0 Å². The van der Waals surface area contributed by atoms with Crippen molar-refractivity contribution in [3.63, 3.8) is 0 Å². The molecule has 0 aromatic heterocycles. The van der Waals surface area contributed by atoms with E-state index in [1.165, 1.54) is 68.0 Å². The third-order valence-electron chi connectivity index (χ3n) is 9.03. The number of benzene rings is 3. The van der Waals surface area contributed by atoms with Gasteiger partial charge in [-0.3, -0.25) is 0 Å². The molecule has 0 aliphatic carbocycles. The van der Waals surface area contributed by atoms with Crippen molar-refractivity contribution in [3.8, 4) is 5.75 Å². The summed E-state index contributed by atoms with van der Waals surface area (Å²) in [5.41, 5.74) is 0. The van der Waals surface area contributed by atoms with Crippen LogP contribution in [-0.4, -0.2) is 33.1 Å². The molecule has 3 heteroatoms. The van der Waals surface area contributed by atoms with Gasteiger partial charge < -0.3 is 0 Å². The van der Waals surface area contributed by atoms with E-state index < -0.39 is 26.5 Å². The van der Waals surface area contributed by atoms with E-state index >= 15 is 0 Å². The average Bonchev–Trinajstić information content (AvgIpc) is 2.96. The Morgan fingerprint density at radius 3 is 1.49 bits per heavy atom. The molecule has 39 heavy (non-hydrogen) atoms. The van der Waals surface area contributed by atoms with Gasteiger partial charge >= 0.3 is 247 Å². The summed E-state index contributed by atoms with van der Waals surface area (Å²) in [6, 6.07) is 33.1. The summed E-state index contributed by atoms with van der Waals surface area (Å²) in [6.45, 7) is 15.2. The van der Waals surface area contributed by atoms with Crippen LogP contribution >= 0.6 is 0 Å². The normalized spacial score (nSPS) is 12.5. The van der Waals surface area contributed by atoms with Crippen molar-refractivity contribution in [1.29, 1.82) is 0 Å². The number of unbranched alkanes of at least 4 members (excludes halogenated alkanes) is 3. The molecule has 0 aliphatic rings. The number of rotatable bonds is 16. The molecular formula is C36H54OSiSn. The Kier molecular flexibility index (Phi) is 12.7. The molecule has 0 heterocycles. The molecular weight excluding hydrogens is 595 g/mol. The van der Waals surface area contributed by atoms with Crippen molar-refractivity contribution < 1.29 is 4.74 Å². The summed E-state index contributed by atoms with van der Waals surface area (Å²) in [5, 5.41) is 3.19. The van der Waals surface area contributed by atoms with Gasteiger partial charge in [-0.1, -0.05) is 0 Å². The van der Waals surface area contributed by atoms with Crippen molar-refractivity contribution in [2.24, 2.45) is 0 Å². The van der Waals surface area contributed by atoms with Gasteiger partial charge in [0.25, 0.3) is 0 Å². The molecule has 0 fully saturated rings. The molecule has 0 amide bonds. The van der Waals surface area contributed by atoms with Crippen LogP contribution < -0.4 is 18.7 Å². The Bertz CT molecular complexity index is 1030. The van der Waals surface area contributed by atoms with E-state index in [1.54, 1.807) is 3.58 Å². The number of hydrogen-bond acceptors (Lipinski definition) is 1. The first-order valence-electron chi connectivity index (χ1n) is 15.7. The Labute approximate surface area is 245 Å². The van der Waals surface area contributed by atoms with E-state index in [4.69, 9.17) is 4.74 Å². The Hall–Kier alpha value is -1.52. The van der Waals surface area contributed by atoms with Crippen LogP contribution in [0.3, 0.4) is 0 Å². The first-order valence-corrected chi connectivity index (χ1v) is 25.4. The van der Waals surface area contributed by atoms with E-state index in [9.17, 15) is 0 Å². The maximum atomic E-state index is 6.96. The van der Waals surface area contributed by atoms with Crippen molar-refractivity contribution in [3.05, 3.63) is 84.9 Å². The fourth-order valence-electron chi connectivity index (χ4n) is 6.81. The molecule has 0 atom stereocenters. The molecule has 0 radical (unpaired) electrons. The zero-order valence-electron chi connectivity index (χ0n) is 25.8. The zero-order valence-corrected chi connectivity index (χ0v) is 29.6. The molecule has 0 N–H and O–H groups in total. The molecule has 0 unspecified atom stereocenters. The van der Waals surface area contributed by atoms with E-state index in [0.29, 0.717) is 0 Å². The minimum atomic E-state index is -2.61. The number of ether oxygens (including phenoxy) is 1. The summed E-state index contributed by atoms with van der Waals surface area (Å²) in [6.07, 6.45) is 8.02. The third kappa shape index (κ3) is 7.82. The molecule has 1 nitrogen and oxygen atoms in total. The van der Waals surface area contributed by atoms with Crippen molar-refractivity contribution in [2.75, 3.05) is 6.61 Å². The predicted octanol–water partition coefficient (Wildman–Crippen LogP) is 9.18. The van der Waals surface area contributed by atoms with Crippen molar-refractivity contribution >= 4 is 40.4 Å². The molecule has 0 spiro atoms. The van der Waals surface area contributed by atoms with Gasteiger partial charge in [0.1, 0.15) is 0 Å². The van der Waals surface area contributed by atoms with E-state index in [-0.39, 0.29) is 5.04 Å². The Morgan fingerprint density at radius 1 is 0.615 bits per heavy atom. The minimum absolute atomic E-state index is 0.158. The summed E-state index contributed by atoms with van der Waals surface area (Å²) in [5.74, 6) is 1.22. The molecule has 3 aromatic rings. The summed E-state index contributed by atoms with van der Waals surface area (Å²) >= 11 is -2.61. The van der Waals surface area contributed by atoms with E-state index in [0.717, 1.165) is 12.7 Å². The van der Waals surface area contributed by atoms with Gasteiger partial charge in [0.05, 0.1) is 0 Å². The molecule has 0 aliphatic heterocycles. The fourth-order valence-corrected chi connectivity index (χ4v) is 28.6. The van der Waals surface area contributed by atoms with Crippen molar-refractivity contribution in [2.45, 2.75) is 104 Å². The van der Waals surface area contributed by atoms with Crippen molar-refractivity contribution in [1.82, 2.24) is 0 Å². The fraction of sp³-hybridized carbons (Fsp3) is 0.500. The van der Waals surface area contributed by atoms with Gasteiger partial charge in [-0.2, -0.15) is 0 Å². The van der Waals surface area contributed by atoms with Gasteiger partial charge in [-0.25, -0.2) is 0 Å². The Morgan fingerprint density at radius 2 is 1.05 bits per heavy atom. The zero-order chi connectivity index (χ0) is 28.2. The van der Waals surface area contributed by atoms with Gasteiger partial charge in [0, 0.05) is 0 Å². The topological polar surface area (TPSA) is 9.23 Å². The van der Waals surface area contributed by atoms with Crippen LogP contribution in [0.2, 0.25) is 24.4 Å². The van der Waals surface area contributed by atoms with Gasteiger partial charge in [0.15, 0.2) is 0 Å². The third-order valence-corrected chi connectivity index (χ3v) is 30.8. The maximum absolute atomic E-state index is 6.96. The predicted molar refractivity (Wildman–Crippen MR) is 179 cm³/mol. The molecule has 0 saturated heterocycles. The van der Waals surface area contributed by atoms with E-state index in [1.807, 2.05) is 0 Å². The van der Waals surface area contributed by atoms with Gasteiger partial charge in [0.2, 0.25) is 0 Å². The molecule has 3 rings (SSSR count). The first kappa shape index (κ1) is 32.0. The van der Waals surface area contributed by atoms with Crippen LogP contribution in [0.25, 0.3) is 0 Å². The van der Waals surface area contributed by atoms with E-state index in [2.05, 4.69) is 126 Å². The quantitative estimate of drug-likeness (QED) is 0.141. The SMILES string of the molecule is CCC[CH2][Sn]([CH2]CCC)([CH2]CCC)[c]1ccccc1OCC[Si](c1ccccc1)(c1ccccc1)C(C)(C)C. The molecule has 3 aromatic carbocycles. The van der Waals surface area contributed by atoms with Crippen LogP contribution in [0.5, 0.6) is 5.75 Å². The molecule has 212 valence electrons. The van der Waals surface area contributed by atoms with Crippen LogP contribution in [0, 0.1) is 0 Å². The van der Waals surface area contributed by atoms with Crippen LogP contribution in [-0.2, 0) is 0 Å². The second-order valence-electron chi connectivity index (χ2n) is 12.6. The summed E-state index contributed by atoms with van der Waals surface area (Å²) in [7, 11) is -2.14. The number of hydrogen-bond donors (Lipinski definition) is 0.